The molecule has 0 saturated carbocycles. The van der Waals surface area contributed by atoms with Gasteiger partial charge in [-0.15, -0.1) is 0 Å². The molecule has 0 radical (unpaired) electrons. The SMILES string of the molecule is CC(=O)N(C)c1ccc(NC(=O)CNc2ccc(C(=O)N3CCC(C)CC3)cc2)cc1. The van der Waals surface area contributed by atoms with Crippen LogP contribution in [0.25, 0.3) is 0 Å². The molecule has 1 aliphatic rings. The molecule has 31 heavy (non-hydrogen) atoms. The summed E-state index contributed by atoms with van der Waals surface area (Å²) in [6.45, 7) is 5.45. The predicted molar refractivity (Wildman–Crippen MR) is 123 cm³/mol. The Kier molecular flexibility index (Phi) is 7.28. The van der Waals surface area contributed by atoms with E-state index >= 15 is 0 Å². The first-order chi connectivity index (χ1) is 14.8. The topological polar surface area (TPSA) is 81.8 Å². The number of likely N-dealkylation sites (tertiary alicyclic amines) is 1. The van der Waals surface area contributed by atoms with Gasteiger partial charge in [-0.2, -0.15) is 0 Å². The monoisotopic (exact) mass is 422 g/mol. The third-order valence-corrected chi connectivity index (χ3v) is 5.67. The van der Waals surface area contributed by atoms with Crippen molar-refractivity contribution < 1.29 is 14.4 Å². The van der Waals surface area contributed by atoms with Gasteiger partial charge < -0.3 is 20.4 Å². The van der Waals surface area contributed by atoms with E-state index < -0.39 is 0 Å². The minimum Gasteiger partial charge on any atom is -0.376 e. The van der Waals surface area contributed by atoms with Crippen molar-refractivity contribution in [2.45, 2.75) is 26.7 Å². The van der Waals surface area contributed by atoms with E-state index in [1.165, 1.54) is 11.8 Å². The van der Waals surface area contributed by atoms with Crippen molar-refractivity contribution in [1.82, 2.24) is 4.90 Å². The fourth-order valence-corrected chi connectivity index (χ4v) is 3.46. The van der Waals surface area contributed by atoms with Crippen molar-refractivity contribution in [3.8, 4) is 0 Å². The second-order valence-electron chi connectivity index (χ2n) is 8.08. The Hall–Kier alpha value is -3.35. The summed E-state index contributed by atoms with van der Waals surface area (Å²) in [5.41, 5.74) is 2.86. The molecule has 0 aliphatic carbocycles. The Labute approximate surface area is 183 Å². The Balaban J connectivity index is 1.48. The zero-order valence-electron chi connectivity index (χ0n) is 18.4. The van der Waals surface area contributed by atoms with Gasteiger partial charge in [-0.3, -0.25) is 14.4 Å². The standard InChI is InChI=1S/C24H30N4O3/c1-17-12-14-28(15-13-17)24(31)19-4-6-20(7-5-19)25-16-23(30)26-21-8-10-22(11-9-21)27(3)18(2)29/h4-11,17,25H,12-16H2,1-3H3,(H,26,30). The number of benzene rings is 2. The van der Waals surface area contributed by atoms with Crippen molar-refractivity contribution in [2.75, 3.05) is 42.2 Å². The lowest BCUT2D eigenvalue weighted by Gasteiger charge is -2.30. The van der Waals surface area contributed by atoms with E-state index in [2.05, 4.69) is 17.6 Å². The minimum atomic E-state index is -0.185. The molecule has 7 heteroatoms. The summed E-state index contributed by atoms with van der Waals surface area (Å²) in [6.07, 6.45) is 2.10. The Morgan fingerprint density at radius 3 is 2.13 bits per heavy atom. The number of amides is 3. The Morgan fingerprint density at radius 1 is 0.968 bits per heavy atom. The van der Waals surface area contributed by atoms with E-state index in [0.29, 0.717) is 17.2 Å². The first kappa shape index (κ1) is 22.3. The van der Waals surface area contributed by atoms with Gasteiger partial charge in [0.05, 0.1) is 6.54 Å². The summed E-state index contributed by atoms with van der Waals surface area (Å²) < 4.78 is 0. The molecule has 0 aromatic heterocycles. The smallest absolute Gasteiger partial charge is 0.253 e. The van der Waals surface area contributed by atoms with E-state index in [-0.39, 0.29) is 24.3 Å². The van der Waals surface area contributed by atoms with Crippen molar-refractivity contribution in [2.24, 2.45) is 5.92 Å². The molecule has 0 unspecified atom stereocenters. The van der Waals surface area contributed by atoms with E-state index in [1.807, 2.05) is 17.0 Å². The van der Waals surface area contributed by atoms with Gasteiger partial charge in [0.2, 0.25) is 11.8 Å². The lowest BCUT2D eigenvalue weighted by molar-refractivity contribution is -0.116. The Bertz CT molecular complexity index is 917. The molecule has 3 rings (SSSR count). The third kappa shape index (κ3) is 6.07. The lowest BCUT2D eigenvalue weighted by atomic mass is 9.98. The highest BCUT2D eigenvalue weighted by molar-refractivity contribution is 5.96. The van der Waals surface area contributed by atoms with Crippen LogP contribution in [0.15, 0.2) is 48.5 Å². The first-order valence-electron chi connectivity index (χ1n) is 10.6. The maximum Gasteiger partial charge on any atom is 0.253 e. The highest BCUT2D eigenvalue weighted by Gasteiger charge is 2.21. The van der Waals surface area contributed by atoms with Gasteiger partial charge in [0.1, 0.15) is 0 Å². The van der Waals surface area contributed by atoms with Crippen LogP contribution in [0.3, 0.4) is 0 Å². The summed E-state index contributed by atoms with van der Waals surface area (Å²) in [6, 6.07) is 14.3. The van der Waals surface area contributed by atoms with Crippen LogP contribution < -0.4 is 15.5 Å². The number of rotatable bonds is 6. The van der Waals surface area contributed by atoms with Crippen LogP contribution >= 0.6 is 0 Å². The van der Waals surface area contributed by atoms with Gasteiger partial charge in [0.15, 0.2) is 0 Å². The number of piperidine rings is 1. The number of nitrogens with one attached hydrogen (secondary N) is 2. The molecule has 3 amide bonds. The van der Waals surface area contributed by atoms with E-state index in [9.17, 15) is 14.4 Å². The van der Waals surface area contributed by atoms with Crippen molar-refractivity contribution in [3.05, 3.63) is 54.1 Å². The quantitative estimate of drug-likeness (QED) is 0.745. The minimum absolute atomic E-state index is 0.0563. The van der Waals surface area contributed by atoms with E-state index in [1.54, 1.807) is 43.4 Å². The normalized spacial score (nSPS) is 14.1. The van der Waals surface area contributed by atoms with Gasteiger partial charge in [-0.25, -0.2) is 0 Å². The molecule has 1 fully saturated rings. The average molecular weight is 423 g/mol. The predicted octanol–water partition coefficient (Wildman–Crippen LogP) is 3.59. The van der Waals surface area contributed by atoms with Crippen LogP contribution in [0.1, 0.15) is 37.0 Å². The number of carbonyl (C=O) groups excluding carboxylic acids is 3. The van der Waals surface area contributed by atoms with Crippen LogP contribution in [0, 0.1) is 5.92 Å². The van der Waals surface area contributed by atoms with Crippen LogP contribution in [0.5, 0.6) is 0 Å². The molecule has 2 N–H and O–H groups in total. The van der Waals surface area contributed by atoms with Crippen molar-refractivity contribution in [3.63, 3.8) is 0 Å². The maximum absolute atomic E-state index is 12.6. The molecule has 0 spiro atoms. The third-order valence-electron chi connectivity index (χ3n) is 5.67. The molecule has 0 atom stereocenters. The van der Waals surface area contributed by atoms with Gasteiger partial charge in [0, 0.05) is 49.7 Å². The second kappa shape index (κ2) is 10.1. The maximum atomic E-state index is 12.6. The first-order valence-corrected chi connectivity index (χ1v) is 10.6. The number of nitrogens with zero attached hydrogens (tertiary/aromatic N) is 2. The molecule has 164 valence electrons. The largest absolute Gasteiger partial charge is 0.376 e. The zero-order chi connectivity index (χ0) is 22.4. The fourth-order valence-electron chi connectivity index (χ4n) is 3.46. The van der Waals surface area contributed by atoms with Crippen LogP contribution in [-0.4, -0.2) is 49.3 Å². The molecule has 2 aromatic rings. The molecule has 2 aromatic carbocycles. The van der Waals surface area contributed by atoms with Crippen LogP contribution in [0.2, 0.25) is 0 Å². The molecule has 0 bridgehead atoms. The fraction of sp³-hybridized carbons (Fsp3) is 0.375. The molecule has 1 saturated heterocycles. The number of carbonyl (C=O) groups is 3. The molecular formula is C24H30N4O3. The Morgan fingerprint density at radius 2 is 1.55 bits per heavy atom. The van der Waals surface area contributed by atoms with Crippen molar-refractivity contribution in [1.29, 1.82) is 0 Å². The number of anilines is 3. The summed E-state index contributed by atoms with van der Waals surface area (Å²) in [5.74, 6) is 0.506. The summed E-state index contributed by atoms with van der Waals surface area (Å²) in [5, 5.41) is 5.89. The lowest BCUT2D eigenvalue weighted by Crippen LogP contribution is -2.37. The summed E-state index contributed by atoms with van der Waals surface area (Å²) >= 11 is 0. The van der Waals surface area contributed by atoms with Gasteiger partial charge in [-0.1, -0.05) is 6.92 Å². The van der Waals surface area contributed by atoms with Gasteiger partial charge in [-0.05, 0) is 67.3 Å². The number of hydrogen-bond acceptors (Lipinski definition) is 4. The molecular weight excluding hydrogens is 392 g/mol. The second-order valence-corrected chi connectivity index (χ2v) is 8.08. The van der Waals surface area contributed by atoms with Gasteiger partial charge in [0.25, 0.3) is 5.91 Å². The van der Waals surface area contributed by atoms with Crippen molar-refractivity contribution >= 4 is 34.8 Å². The zero-order valence-corrected chi connectivity index (χ0v) is 18.4. The number of hydrogen-bond donors (Lipinski definition) is 2. The highest BCUT2D eigenvalue weighted by Crippen LogP contribution is 2.19. The molecule has 7 nitrogen and oxygen atoms in total. The summed E-state index contributed by atoms with van der Waals surface area (Å²) in [4.78, 5) is 39.7. The van der Waals surface area contributed by atoms with Crippen LogP contribution in [0.4, 0.5) is 17.1 Å². The van der Waals surface area contributed by atoms with E-state index in [0.717, 1.165) is 37.3 Å². The summed E-state index contributed by atoms with van der Waals surface area (Å²) in [7, 11) is 1.70. The molecule has 1 aliphatic heterocycles. The highest BCUT2D eigenvalue weighted by atomic mass is 16.2. The molecule has 1 heterocycles. The average Bonchev–Trinajstić information content (AvgIpc) is 2.78. The van der Waals surface area contributed by atoms with Crippen LogP contribution in [-0.2, 0) is 9.59 Å². The van der Waals surface area contributed by atoms with Gasteiger partial charge >= 0.3 is 0 Å². The van der Waals surface area contributed by atoms with E-state index in [4.69, 9.17) is 0 Å².